The quantitative estimate of drug-likeness (QED) is 0.465. The van der Waals surface area contributed by atoms with Gasteiger partial charge in [-0.15, -0.1) is 24.0 Å². The second kappa shape index (κ2) is 7.14. The fourth-order valence-electron chi connectivity index (χ4n) is 1.65. The summed E-state index contributed by atoms with van der Waals surface area (Å²) in [5.41, 5.74) is 5.84. The Kier molecular flexibility index (Phi) is 6.09. The molecule has 0 radical (unpaired) electrons. The monoisotopic (exact) mass is 399 g/mol. The number of hydrogen-bond donors (Lipinski definition) is 2. The third kappa shape index (κ3) is 5.56. The maximum Gasteiger partial charge on any atom is 0.416 e. The van der Waals surface area contributed by atoms with Gasteiger partial charge in [0.15, 0.2) is 5.96 Å². The molecule has 1 aliphatic carbocycles. The first-order valence-electron chi connectivity index (χ1n) is 6.18. The Morgan fingerprint density at radius 2 is 1.85 bits per heavy atom. The molecule has 112 valence electrons. The number of nitrogens with one attached hydrogen (secondary N) is 1. The van der Waals surface area contributed by atoms with Crippen LogP contribution in [0.3, 0.4) is 0 Å². The summed E-state index contributed by atoms with van der Waals surface area (Å²) < 4.78 is 37.1. The van der Waals surface area contributed by atoms with E-state index in [2.05, 4.69) is 10.3 Å². The standard InChI is InChI=1S/C13H16F3N3.HI/c14-13(15,16)10-3-1-9(2-4-10)7-8-18-12(17)19-11-5-6-11;/h1-4,11H,5-8H2,(H3,17,18,19);1H. The molecule has 0 aliphatic heterocycles. The highest BCUT2D eigenvalue weighted by Gasteiger charge is 2.29. The predicted molar refractivity (Wildman–Crippen MR) is 83.2 cm³/mol. The highest BCUT2D eigenvalue weighted by atomic mass is 127. The lowest BCUT2D eigenvalue weighted by Gasteiger charge is -2.07. The van der Waals surface area contributed by atoms with E-state index in [0.29, 0.717) is 25.0 Å². The Morgan fingerprint density at radius 3 is 2.35 bits per heavy atom. The average Bonchev–Trinajstić information content (AvgIpc) is 3.12. The lowest BCUT2D eigenvalue weighted by Crippen LogP contribution is -2.33. The van der Waals surface area contributed by atoms with Crippen molar-refractivity contribution in [2.45, 2.75) is 31.5 Å². The summed E-state index contributed by atoms with van der Waals surface area (Å²) in [4.78, 5) is 4.13. The van der Waals surface area contributed by atoms with Crippen molar-refractivity contribution >= 4 is 29.9 Å². The average molecular weight is 399 g/mol. The van der Waals surface area contributed by atoms with Gasteiger partial charge in [-0.3, -0.25) is 4.99 Å². The van der Waals surface area contributed by atoms with Gasteiger partial charge in [0.1, 0.15) is 0 Å². The highest BCUT2D eigenvalue weighted by molar-refractivity contribution is 14.0. The Balaban J connectivity index is 0.00000200. The van der Waals surface area contributed by atoms with Gasteiger partial charge in [0, 0.05) is 12.6 Å². The summed E-state index contributed by atoms with van der Waals surface area (Å²) in [6, 6.07) is 5.58. The van der Waals surface area contributed by atoms with Gasteiger partial charge in [-0.2, -0.15) is 13.2 Å². The van der Waals surface area contributed by atoms with Gasteiger partial charge in [0.05, 0.1) is 5.56 Å². The van der Waals surface area contributed by atoms with E-state index in [1.807, 2.05) is 0 Å². The second-order valence-corrected chi connectivity index (χ2v) is 4.63. The van der Waals surface area contributed by atoms with E-state index < -0.39 is 11.7 Å². The van der Waals surface area contributed by atoms with Crippen LogP contribution in [0.4, 0.5) is 13.2 Å². The van der Waals surface area contributed by atoms with Gasteiger partial charge >= 0.3 is 6.18 Å². The smallest absolute Gasteiger partial charge is 0.370 e. The zero-order valence-electron chi connectivity index (χ0n) is 10.8. The Labute approximate surface area is 132 Å². The topological polar surface area (TPSA) is 50.4 Å². The molecular weight excluding hydrogens is 382 g/mol. The normalized spacial score (nSPS) is 15.7. The first-order valence-corrected chi connectivity index (χ1v) is 6.18. The van der Waals surface area contributed by atoms with E-state index in [1.54, 1.807) is 0 Å². The number of halogens is 4. The van der Waals surface area contributed by atoms with Crippen LogP contribution in [0.5, 0.6) is 0 Å². The molecule has 1 saturated carbocycles. The minimum Gasteiger partial charge on any atom is -0.370 e. The van der Waals surface area contributed by atoms with Crippen molar-refractivity contribution in [1.82, 2.24) is 5.32 Å². The van der Waals surface area contributed by atoms with Gasteiger partial charge in [-0.1, -0.05) is 12.1 Å². The number of guanidine groups is 1. The van der Waals surface area contributed by atoms with E-state index in [1.165, 1.54) is 12.1 Å². The molecule has 3 nitrogen and oxygen atoms in total. The van der Waals surface area contributed by atoms with Crippen LogP contribution in [0.1, 0.15) is 24.0 Å². The fourth-order valence-corrected chi connectivity index (χ4v) is 1.65. The number of alkyl halides is 3. The van der Waals surface area contributed by atoms with Crippen LogP contribution < -0.4 is 11.1 Å². The molecule has 0 spiro atoms. The van der Waals surface area contributed by atoms with Crippen LogP contribution in [0, 0.1) is 0 Å². The van der Waals surface area contributed by atoms with Crippen LogP contribution in [-0.4, -0.2) is 18.5 Å². The zero-order chi connectivity index (χ0) is 13.9. The zero-order valence-corrected chi connectivity index (χ0v) is 13.1. The van der Waals surface area contributed by atoms with Crippen molar-refractivity contribution in [3.63, 3.8) is 0 Å². The second-order valence-electron chi connectivity index (χ2n) is 4.63. The lowest BCUT2D eigenvalue weighted by molar-refractivity contribution is -0.137. The minimum atomic E-state index is -4.28. The maximum atomic E-state index is 12.4. The van der Waals surface area contributed by atoms with Crippen LogP contribution in [0.15, 0.2) is 29.3 Å². The lowest BCUT2D eigenvalue weighted by atomic mass is 10.1. The molecule has 0 bridgehead atoms. The predicted octanol–water partition coefficient (Wildman–Crippen LogP) is 2.93. The Bertz CT molecular complexity index is 453. The van der Waals surface area contributed by atoms with Gasteiger partial charge in [0.2, 0.25) is 0 Å². The van der Waals surface area contributed by atoms with E-state index in [0.717, 1.165) is 30.5 Å². The van der Waals surface area contributed by atoms with E-state index in [9.17, 15) is 13.2 Å². The summed E-state index contributed by atoms with van der Waals surface area (Å²) in [5, 5.41) is 3.05. The summed E-state index contributed by atoms with van der Waals surface area (Å²) in [7, 11) is 0. The number of hydrogen-bond acceptors (Lipinski definition) is 1. The molecule has 2 rings (SSSR count). The number of rotatable bonds is 4. The van der Waals surface area contributed by atoms with Gasteiger partial charge in [-0.25, -0.2) is 0 Å². The molecule has 1 aromatic carbocycles. The van der Waals surface area contributed by atoms with Crippen LogP contribution in [0.25, 0.3) is 0 Å². The largest absolute Gasteiger partial charge is 0.416 e. The number of benzene rings is 1. The van der Waals surface area contributed by atoms with Crippen LogP contribution in [-0.2, 0) is 12.6 Å². The summed E-state index contributed by atoms with van der Waals surface area (Å²) in [6.07, 6.45) is -1.47. The molecule has 0 atom stereocenters. The van der Waals surface area contributed by atoms with Gasteiger partial charge in [0.25, 0.3) is 0 Å². The highest BCUT2D eigenvalue weighted by Crippen LogP contribution is 2.29. The molecule has 0 saturated heterocycles. The molecule has 3 N–H and O–H groups in total. The van der Waals surface area contributed by atoms with Gasteiger partial charge < -0.3 is 11.1 Å². The molecule has 7 heteroatoms. The van der Waals surface area contributed by atoms with E-state index in [4.69, 9.17) is 5.73 Å². The van der Waals surface area contributed by atoms with Crippen molar-refractivity contribution in [3.8, 4) is 0 Å². The molecule has 0 amide bonds. The van der Waals surface area contributed by atoms with Crippen molar-refractivity contribution in [2.75, 3.05) is 6.54 Å². The first-order chi connectivity index (χ1) is 8.95. The fraction of sp³-hybridized carbons (Fsp3) is 0.462. The first kappa shape index (κ1) is 17.1. The SMILES string of the molecule is I.NC(=NCCc1ccc(C(F)(F)F)cc1)NC1CC1. The summed E-state index contributed by atoms with van der Waals surface area (Å²) in [6.45, 7) is 0.469. The molecule has 1 aromatic rings. The molecule has 0 heterocycles. The molecule has 0 aromatic heterocycles. The van der Waals surface area contributed by atoms with Crippen LogP contribution in [0.2, 0.25) is 0 Å². The molecule has 1 aliphatic rings. The molecule has 20 heavy (non-hydrogen) atoms. The van der Waals surface area contributed by atoms with Crippen molar-refractivity contribution in [3.05, 3.63) is 35.4 Å². The van der Waals surface area contributed by atoms with Gasteiger partial charge in [-0.05, 0) is 37.0 Å². The summed E-state index contributed by atoms with van der Waals surface area (Å²) in [5.74, 6) is 0.411. The number of nitrogens with two attached hydrogens (primary N) is 1. The van der Waals surface area contributed by atoms with E-state index in [-0.39, 0.29) is 24.0 Å². The van der Waals surface area contributed by atoms with Crippen molar-refractivity contribution < 1.29 is 13.2 Å². The van der Waals surface area contributed by atoms with E-state index >= 15 is 0 Å². The Hall–Kier alpha value is -0.990. The third-order valence-electron chi connectivity index (χ3n) is 2.89. The molecule has 1 fully saturated rings. The molecule has 0 unspecified atom stereocenters. The summed E-state index contributed by atoms with van der Waals surface area (Å²) >= 11 is 0. The van der Waals surface area contributed by atoms with Crippen LogP contribution >= 0.6 is 24.0 Å². The number of aliphatic imine (C=N–C) groups is 1. The van der Waals surface area contributed by atoms with Crippen molar-refractivity contribution in [2.24, 2.45) is 10.7 Å². The number of nitrogens with zero attached hydrogens (tertiary/aromatic N) is 1. The maximum absolute atomic E-state index is 12.4. The third-order valence-corrected chi connectivity index (χ3v) is 2.89. The Morgan fingerprint density at radius 1 is 1.25 bits per heavy atom. The van der Waals surface area contributed by atoms with Crippen molar-refractivity contribution in [1.29, 1.82) is 0 Å². The minimum absolute atomic E-state index is 0. The molecular formula is C13H17F3IN3.